The molecule has 0 spiro atoms. The summed E-state index contributed by atoms with van der Waals surface area (Å²) in [5.74, 6) is -1.45. The van der Waals surface area contributed by atoms with Crippen molar-refractivity contribution in [2.24, 2.45) is 0 Å². The van der Waals surface area contributed by atoms with E-state index in [2.05, 4.69) is 11.3 Å². The van der Waals surface area contributed by atoms with Gasteiger partial charge in [0.05, 0.1) is 0 Å². The van der Waals surface area contributed by atoms with E-state index in [0.29, 0.717) is 5.92 Å². The van der Waals surface area contributed by atoms with E-state index in [-0.39, 0.29) is 5.56 Å². The highest BCUT2D eigenvalue weighted by atomic mass is 19.4. The molecule has 0 unspecified atom stereocenters. The highest BCUT2D eigenvalue weighted by Crippen LogP contribution is 2.30. The summed E-state index contributed by atoms with van der Waals surface area (Å²) in [6, 6.07) is 3.56. The van der Waals surface area contributed by atoms with E-state index in [1.807, 2.05) is 0 Å². The third-order valence-corrected chi connectivity index (χ3v) is 1.92. The van der Waals surface area contributed by atoms with Crippen LogP contribution in [0.2, 0.25) is 0 Å². The van der Waals surface area contributed by atoms with Gasteiger partial charge >= 0.3 is 6.36 Å². The Morgan fingerprint density at radius 3 is 2.50 bits per heavy atom. The molecule has 0 saturated carbocycles. The average Bonchev–Trinajstić information content (AvgIpc) is 2.18. The van der Waals surface area contributed by atoms with Crippen LogP contribution in [0.4, 0.5) is 17.6 Å². The minimum Gasteiger partial charge on any atom is -0.403 e. The fourth-order valence-electron chi connectivity index (χ4n) is 1.13. The molecule has 87 valence electrons. The summed E-state index contributed by atoms with van der Waals surface area (Å²) in [6.45, 7) is 4.96. The maximum Gasteiger partial charge on any atom is 0.573 e. The van der Waals surface area contributed by atoms with Crippen molar-refractivity contribution >= 4 is 0 Å². The Kier molecular flexibility index (Phi) is 3.57. The van der Waals surface area contributed by atoms with E-state index in [1.165, 1.54) is 18.2 Å². The summed E-state index contributed by atoms with van der Waals surface area (Å²) in [6.07, 6.45) is -3.54. The van der Waals surface area contributed by atoms with Gasteiger partial charge in [-0.1, -0.05) is 25.1 Å². The van der Waals surface area contributed by atoms with Crippen molar-refractivity contribution < 1.29 is 22.3 Å². The highest BCUT2D eigenvalue weighted by Gasteiger charge is 2.32. The zero-order valence-corrected chi connectivity index (χ0v) is 8.44. The van der Waals surface area contributed by atoms with Crippen LogP contribution in [-0.2, 0) is 0 Å². The molecule has 5 heteroatoms. The second-order valence-corrected chi connectivity index (χ2v) is 3.05. The Morgan fingerprint density at radius 2 is 2.00 bits per heavy atom. The molecule has 16 heavy (non-hydrogen) atoms. The van der Waals surface area contributed by atoms with Gasteiger partial charge in [-0.15, -0.1) is 19.8 Å². The largest absolute Gasteiger partial charge is 0.573 e. The van der Waals surface area contributed by atoms with Crippen molar-refractivity contribution in [3.8, 4) is 5.75 Å². The quantitative estimate of drug-likeness (QED) is 0.720. The molecule has 1 nitrogen and oxygen atoms in total. The summed E-state index contributed by atoms with van der Waals surface area (Å²) in [4.78, 5) is 0. The summed E-state index contributed by atoms with van der Waals surface area (Å²) >= 11 is 0. The van der Waals surface area contributed by atoms with Gasteiger partial charge in [0.15, 0.2) is 11.6 Å². The molecular formula is C11H9F4O. The molecule has 0 aliphatic heterocycles. The maximum atomic E-state index is 13.5. The van der Waals surface area contributed by atoms with Gasteiger partial charge in [0.25, 0.3) is 0 Å². The molecule has 1 rings (SSSR count). The van der Waals surface area contributed by atoms with Crippen molar-refractivity contribution in [3.05, 3.63) is 48.2 Å². The van der Waals surface area contributed by atoms with E-state index in [9.17, 15) is 17.6 Å². The normalized spacial score (nSPS) is 11.6. The van der Waals surface area contributed by atoms with Gasteiger partial charge in [0, 0.05) is 11.5 Å². The lowest BCUT2D eigenvalue weighted by molar-refractivity contribution is -0.275. The predicted molar refractivity (Wildman–Crippen MR) is 51.3 cm³/mol. The molecule has 0 aliphatic carbocycles. The zero-order valence-electron chi connectivity index (χ0n) is 8.44. The number of rotatable bonds is 3. The number of hydrogen-bond donors (Lipinski definition) is 0. The Balaban J connectivity index is 3.09. The van der Waals surface area contributed by atoms with Gasteiger partial charge in [-0.2, -0.15) is 0 Å². The fourth-order valence-corrected chi connectivity index (χ4v) is 1.13. The second-order valence-electron chi connectivity index (χ2n) is 3.05. The number of benzene rings is 1. The molecule has 0 fully saturated rings. The molecule has 0 N–H and O–H groups in total. The SMILES string of the molecule is C=C[C](C)c1cccc(OC(F)(F)F)c1F. The van der Waals surface area contributed by atoms with Crippen LogP contribution in [0.5, 0.6) is 5.75 Å². The van der Waals surface area contributed by atoms with Crippen LogP contribution >= 0.6 is 0 Å². The third-order valence-electron chi connectivity index (χ3n) is 1.92. The first-order chi connectivity index (χ1) is 7.35. The van der Waals surface area contributed by atoms with Gasteiger partial charge in [-0.05, 0) is 6.07 Å². The number of ether oxygens (including phenoxy) is 1. The monoisotopic (exact) mass is 233 g/mol. The lowest BCUT2D eigenvalue weighted by Crippen LogP contribution is -2.18. The van der Waals surface area contributed by atoms with Gasteiger partial charge in [-0.3, -0.25) is 0 Å². The number of alkyl halides is 3. The Bertz CT molecular complexity index is 384. The molecule has 0 aliphatic rings. The standard InChI is InChI=1S/C11H9F4O/c1-3-7(2)8-5-4-6-9(10(8)12)16-11(13,14)15/h3-6H,1H2,2H3. The molecule has 0 amide bonds. The van der Waals surface area contributed by atoms with Crippen LogP contribution in [0.1, 0.15) is 12.5 Å². The molecule has 1 aromatic rings. The predicted octanol–water partition coefficient (Wildman–Crippen LogP) is 3.85. The maximum absolute atomic E-state index is 13.5. The van der Waals surface area contributed by atoms with E-state index in [4.69, 9.17) is 0 Å². The van der Waals surface area contributed by atoms with Crippen LogP contribution in [0.3, 0.4) is 0 Å². The minimum atomic E-state index is -4.90. The molecule has 0 atom stereocenters. The molecule has 1 aromatic carbocycles. The van der Waals surface area contributed by atoms with Crippen LogP contribution in [0.25, 0.3) is 0 Å². The summed E-state index contributed by atoms with van der Waals surface area (Å²) in [7, 11) is 0. The Labute approximate surface area is 90.3 Å². The van der Waals surface area contributed by atoms with E-state index < -0.39 is 17.9 Å². The van der Waals surface area contributed by atoms with Gasteiger partial charge in [0.2, 0.25) is 0 Å². The van der Waals surface area contributed by atoms with Crippen molar-refractivity contribution in [2.45, 2.75) is 13.3 Å². The number of hydrogen-bond acceptors (Lipinski definition) is 1. The minimum absolute atomic E-state index is 0.0387. The summed E-state index contributed by atoms with van der Waals surface area (Å²) in [5, 5.41) is 0. The average molecular weight is 233 g/mol. The number of allylic oxidation sites excluding steroid dienone is 1. The Morgan fingerprint density at radius 1 is 1.38 bits per heavy atom. The highest BCUT2D eigenvalue weighted by molar-refractivity contribution is 5.42. The first kappa shape index (κ1) is 12.5. The van der Waals surface area contributed by atoms with Gasteiger partial charge < -0.3 is 4.74 Å². The van der Waals surface area contributed by atoms with E-state index in [1.54, 1.807) is 6.92 Å². The van der Waals surface area contributed by atoms with Crippen molar-refractivity contribution in [1.29, 1.82) is 0 Å². The number of halogens is 4. The van der Waals surface area contributed by atoms with Gasteiger partial charge in [-0.25, -0.2) is 4.39 Å². The lowest BCUT2D eigenvalue weighted by Gasteiger charge is -2.13. The van der Waals surface area contributed by atoms with Gasteiger partial charge in [0.1, 0.15) is 0 Å². The van der Waals surface area contributed by atoms with Crippen LogP contribution in [-0.4, -0.2) is 6.36 Å². The molecule has 0 saturated heterocycles. The van der Waals surface area contributed by atoms with Crippen molar-refractivity contribution in [2.75, 3.05) is 0 Å². The van der Waals surface area contributed by atoms with E-state index >= 15 is 0 Å². The summed E-state index contributed by atoms with van der Waals surface area (Å²) < 4.78 is 52.9. The molecule has 0 heterocycles. The molecule has 0 bridgehead atoms. The van der Waals surface area contributed by atoms with E-state index in [0.717, 1.165) is 6.07 Å². The first-order valence-corrected chi connectivity index (χ1v) is 4.36. The van der Waals surface area contributed by atoms with Crippen molar-refractivity contribution in [1.82, 2.24) is 0 Å². The third kappa shape index (κ3) is 2.98. The Hall–Kier alpha value is -1.52. The van der Waals surface area contributed by atoms with Crippen LogP contribution in [0.15, 0.2) is 30.9 Å². The lowest BCUT2D eigenvalue weighted by atomic mass is 10.0. The fraction of sp³-hybridized carbons (Fsp3) is 0.182. The topological polar surface area (TPSA) is 9.23 Å². The van der Waals surface area contributed by atoms with Crippen molar-refractivity contribution in [3.63, 3.8) is 0 Å². The molecular weight excluding hydrogens is 224 g/mol. The molecule has 1 radical (unpaired) electrons. The zero-order chi connectivity index (χ0) is 12.3. The van der Waals surface area contributed by atoms with Crippen LogP contribution < -0.4 is 4.74 Å². The van der Waals surface area contributed by atoms with Crippen LogP contribution in [0, 0.1) is 11.7 Å². The molecule has 0 aromatic heterocycles. The first-order valence-electron chi connectivity index (χ1n) is 4.36. The second kappa shape index (κ2) is 4.55. The smallest absolute Gasteiger partial charge is 0.403 e. The summed E-state index contributed by atoms with van der Waals surface area (Å²) in [5.41, 5.74) is 0.0387.